The lowest BCUT2D eigenvalue weighted by molar-refractivity contribution is -0.116. The zero-order chi connectivity index (χ0) is 27.9. The minimum absolute atomic E-state index is 0.00172. The van der Waals surface area contributed by atoms with E-state index in [0.717, 1.165) is 71.5 Å². The third kappa shape index (κ3) is 5.14. The first-order chi connectivity index (χ1) is 19.3. The number of para-hydroxylation sites is 1. The molecule has 0 spiro atoms. The number of carbonyl (C=O) groups is 2. The fourth-order valence-electron chi connectivity index (χ4n) is 8.01. The predicted molar refractivity (Wildman–Crippen MR) is 158 cm³/mol. The van der Waals surface area contributed by atoms with Crippen molar-refractivity contribution in [3.8, 4) is 16.8 Å². The molecule has 2 aromatic carbocycles. The average Bonchev–Trinajstić information content (AvgIpc) is 3.23. The Hall–Kier alpha value is -3.61. The molecule has 0 radical (unpaired) electrons. The van der Waals surface area contributed by atoms with Gasteiger partial charge in [0, 0.05) is 17.6 Å². The number of nitrogens with zero attached hydrogens (tertiary/aromatic N) is 3. The second-order valence-electron chi connectivity index (χ2n) is 12.5. The minimum Gasteiger partial charge on any atom is -0.333 e. The Morgan fingerprint density at radius 3 is 2.20 bits per heavy atom. The van der Waals surface area contributed by atoms with Gasteiger partial charge in [-0.1, -0.05) is 55.5 Å². The molecule has 3 aromatic rings. The molecule has 210 valence electrons. The van der Waals surface area contributed by atoms with Crippen LogP contribution in [0, 0.1) is 31.6 Å². The van der Waals surface area contributed by atoms with Crippen LogP contribution in [0.3, 0.4) is 0 Å². The molecule has 7 nitrogen and oxygen atoms in total. The summed E-state index contributed by atoms with van der Waals surface area (Å²) in [4.78, 5) is 29.0. The van der Waals surface area contributed by atoms with Gasteiger partial charge in [-0.15, -0.1) is 0 Å². The Labute approximate surface area is 237 Å². The minimum atomic E-state index is -0.221. The first kappa shape index (κ1) is 26.6. The standard InChI is InChI=1S/C33H41N5O2/c1-4-14-37(32(40)35-33-18-24-15-25(19-33)17-26(16-24)20-33)21-29(39)34-31-30(27-11-6-5-7-12-27)23(3)36-38(31)28-13-9-8-10-22(28)2/h5-13,24-26H,4,14-21H2,1-3H3,(H,34,39)(H,35,40). The summed E-state index contributed by atoms with van der Waals surface area (Å²) in [7, 11) is 0. The highest BCUT2D eigenvalue weighted by Crippen LogP contribution is 2.55. The van der Waals surface area contributed by atoms with Crippen molar-refractivity contribution in [1.29, 1.82) is 0 Å². The van der Waals surface area contributed by atoms with Crippen molar-refractivity contribution in [3.63, 3.8) is 0 Å². The molecule has 1 heterocycles. The summed E-state index contributed by atoms with van der Waals surface area (Å²) in [6, 6.07) is 17.9. The van der Waals surface area contributed by atoms with Gasteiger partial charge in [0.05, 0.1) is 11.4 Å². The fraction of sp³-hybridized carbons (Fsp3) is 0.485. The summed E-state index contributed by atoms with van der Waals surface area (Å²) in [6.45, 7) is 6.59. The van der Waals surface area contributed by atoms with E-state index in [0.29, 0.717) is 12.4 Å². The molecule has 1 aromatic heterocycles. The molecular weight excluding hydrogens is 498 g/mol. The molecule has 4 aliphatic rings. The molecule has 3 amide bonds. The van der Waals surface area contributed by atoms with Crippen molar-refractivity contribution in [2.45, 2.75) is 71.3 Å². The number of amides is 3. The molecule has 0 atom stereocenters. The van der Waals surface area contributed by atoms with Crippen LogP contribution in [0.25, 0.3) is 16.8 Å². The number of rotatable bonds is 8. The summed E-state index contributed by atoms with van der Waals surface area (Å²) in [6.07, 6.45) is 8.04. The van der Waals surface area contributed by atoms with E-state index in [1.807, 2.05) is 80.1 Å². The van der Waals surface area contributed by atoms with E-state index in [9.17, 15) is 9.59 Å². The van der Waals surface area contributed by atoms with Crippen molar-refractivity contribution in [3.05, 3.63) is 65.9 Å². The number of aromatic nitrogens is 2. The predicted octanol–water partition coefficient (Wildman–Crippen LogP) is 6.49. The average molecular weight is 540 g/mol. The molecule has 7 heteroatoms. The number of benzene rings is 2. The molecule has 2 N–H and O–H groups in total. The van der Waals surface area contributed by atoms with Gasteiger partial charge in [-0.3, -0.25) is 4.79 Å². The lowest BCUT2D eigenvalue weighted by Gasteiger charge is -2.57. The summed E-state index contributed by atoms with van der Waals surface area (Å²) >= 11 is 0. The number of carbonyl (C=O) groups excluding carboxylic acids is 2. The SMILES string of the molecule is CCCN(CC(=O)Nc1c(-c2ccccc2)c(C)nn1-c1ccccc1C)C(=O)NC12CC3CC(CC(C3)C1)C2. The van der Waals surface area contributed by atoms with Crippen LogP contribution in [-0.4, -0.2) is 45.2 Å². The third-order valence-electron chi connectivity index (χ3n) is 9.25. The maximum absolute atomic E-state index is 13.7. The highest BCUT2D eigenvalue weighted by molar-refractivity contribution is 5.98. The second-order valence-corrected chi connectivity index (χ2v) is 12.5. The lowest BCUT2D eigenvalue weighted by atomic mass is 9.53. The molecular formula is C33H41N5O2. The van der Waals surface area contributed by atoms with Crippen molar-refractivity contribution in [2.24, 2.45) is 17.8 Å². The Morgan fingerprint density at radius 2 is 1.57 bits per heavy atom. The number of aryl methyl sites for hydroxylation is 2. The molecule has 4 saturated carbocycles. The molecule has 0 saturated heterocycles. The van der Waals surface area contributed by atoms with Crippen LogP contribution in [0.1, 0.15) is 63.1 Å². The number of urea groups is 1. The van der Waals surface area contributed by atoms with Gasteiger partial charge in [-0.2, -0.15) is 5.10 Å². The number of nitrogens with one attached hydrogen (secondary N) is 2. The highest BCUT2D eigenvalue weighted by atomic mass is 16.2. The third-order valence-corrected chi connectivity index (χ3v) is 9.25. The van der Waals surface area contributed by atoms with Gasteiger partial charge in [0.25, 0.3) is 0 Å². The topological polar surface area (TPSA) is 79.3 Å². The van der Waals surface area contributed by atoms with Gasteiger partial charge in [-0.25, -0.2) is 9.48 Å². The van der Waals surface area contributed by atoms with Crippen LogP contribution in [-0.2, 0) is 4.79 Å². The Bertz CT molecular complexity index is 1360. The molecule has 4 aliphatic carbocycles. The van der Waals surface area contributed by atoms with Crippen molar-refractivity contribution in [2.75, 3.05) is 18.4 Å². The molecule has 0 aliphatic heterocycles. The summed E-state index contributed by atoms with van der Waals surface area (Å²) in [5.74, 6) is 2.64. The van der Waals surface area contributed by atoms with Crippen LogP contribution in [0.2, 0.25) is 0 Å². The highest BCUT2D eigenvalue weighted by Gasteiger charge is 2.51. The van der Waals surface area contributed by atoms with Crippen LogP contribution in [0.5, 0.6) is 0 Å². The number of hydrogen-bond acceptors (Lipinski definition) is 3. The maximum Gasteiger partial charge on any atom is 0.318 e. The van der Waals surface area contributed by atoms with Gasteiger partial charge >= 0.3 is 6.03 Å². The first-order valence-electron chi connectivity index (χ1n) is 14.9. The van der Waals surface area contributed by atoms with Crippen LogP contribution >= 0.6 is 0 Å². The van der Waals surface area contributed by atoms with Crippen LogP contribution in [0.15, 0.2) is 54.6 Å². The van der Waals surface area contributed by atoms with E-state index in [-0.39, 0.29) is 24.0 Å². The monoisotopic (exact) mass is 539 g/mol. The van der Waals surface area contributed by atoms with Crippen molar-refractivity contribution in [1.82, 2.24) is 20.0 Å². The van der Waals surface area contributed by atoms with Gasteiger partial charge in [0.2, 0.25) is 5.91 Å². The van der Waals surface area contributed by atoms with E-state index in [2.05, 4.69) is 10.6 Å². The summed E-state index contributed by atoms with van der Waals surface area (Å²) in [5, 5.41) is 11.5. The number of anilines is 1. The fourth-order valence-corrected chi connectivity index (χ4v) is 8.01. The zero-order valence-electron chi connectivity index (χ0n) is 24.0. The molecule has 0 unspecified atom stereocenters. The largest absolute Gasteiger partial charge is 0.333 e. The van der Waals surface area contributed by atoms with E-state index in [1.165, 1.54) is 19.3 Å². The Balaban J connectivity index is 1.25. The molecule has 4 bridgehead atoms. The Morgan fingerprint density at radius 1 is 0.950 bits per heavy atom. The second kappa shape index (κ2) is 10.8. The Kier molecular flexibility index (Phi) is 7.15. The van der Waals surface area contributed by atoms with E-state index in [1.54, 1.807) is 4.90 Å². The quantitative estimate of drug-likeness (QED) is 0.344. The summed E-state index contributed by atoms with van der Waals surface area (Å²) in [5.41, 5.74) is 4.58. The normalized spacial score (nSPS) is 24.6. The van der Waals surface area contributed by atoms with E-state index < -0.39 is 0 Å². The van der Waals surface area contributed by atoms with Crippen LogP contribution in [0.4, 0.5) is 10.6 Å². The van der Waals surface area contributed by atoms with Gasteiger partial charge in [0.1, 0.15) is 12.4 Å². The van der Waals surface area contributed by atoms with E-state index in [4.69, 9.17) is 5.10 Å². The molecule has 7 rings (SSSR count). The number of hydrogen-bond donors (Lipinski definition) is 2. The molecule has 40 heavy (non-hydrogen) atoms. The van der Waals surface area contributed by atoms with Gasteiger partial charge in [-0.05, 0) is 93.7 Å². The van der Waals surface area contributed by atoms with E-state index >= 15 is 0 Å². The van der Waals surface area contributed by atoms with Crippen molar-refractivity contribution >= 4 is 17.8 Å². The lowest BCUT2D eigenvalue weighted by Crippen LogP contribution is -2.62. The first-order valence-corrected chi connectivity index (χ1v) is 14.9. The maximum atomic E-state index is 13.7. The van der Waals surface area contributed by atoms with Crippen LogP contribution < -0.4 is 10.6 Å². The smallest absolute Gasteiger partial charge is 0.318 e. The van der Waals surface area contributed by atoms with Gasteiger partial charge < -0.3 is 15.5 Å². The summed E-state index contributed by atoms with van der Waals surface area (Å²) < 4.78 is 1.82. The van der Waals surface area contributed by atoms with Gasteiger partial charge in [0.15, 0.2) is 0 Å². The molecule has 4 fully saturated rings. The zero-order valence-corrected chi connectivity index (χ0v) is 24.0. The van der Waals surface area contributed by atoms with Crippen molar-refractivity contribution < 1.29 is 9.59 Å².